The standard InChI is InChI=1S/C22H26FNO5S.Y/c1-2-3-4-5-19(23)15-6-8-16(9-7-15)24-17(13-29-22(24)27)12-28-14-18-10-11-20(30-18)21(25)26;/h6-11,17,19H,2-5,12-14H2,1H3,(H,25,26);/t17-,19?;/m0./s1. The minimum atomic E-state index is -1.00. The van der Waals surface area contributed by atoms with Crippen LogP contribution >= 0.6 is 11.3 Å². The number of alkyl halides is 1. The van der Waals surface area contributed by atoms with Gasteiger partial charge in [-0.1, -0.05) is 38.3 Å². The van der Waals surface area contributed by atoms with Gasteiger partial charge in [-0.15, -0.1) is 11.3 Å². The molecule has 1 unspecified atom stereocenters. The van der Waals surface area contributed by atoms with Gasteiger partial charge in [0.05, 0.1) is 19.3 Å². The van der Waals surface area contributed by atoms with E-state index in [4.69, 9.17) is 14.6 Å². The number of anilines is 1. The van der Waals surface area contributed by atoms with Gasteiger partial charge < -0.3 is 14.6 Å². The molecule has 0 bridgehead atoms. The smallest absolute Gasteiger partial charge is 0.414 e. The summed E-state index contributed by atoms with van der Waals surface area (Å²) in [6, 6.07) is 9.87. The Bertz CT molecular complexity index is 860. The summed E-state index contributed by atoms with van der Waals surface area (Å²) in [5.41, 5.74) is 1.25. The average molecular weight is 524 g/mol. The second-order valence-electron chi connectivity index (χ2n) is 7.24. The van der Waals surface area contributed by atoms with E-state index in [0.29, 0.717) is 17.7 Å². The van der Waals surface area contributed by atoms with E-state index in [9.17, 15) is 14.0 Å². The number of carboxylic acid groups (broad SMARTS) is 1. The van der Waals surface area contributed by atoms with Crippen molar-refractivity contribution in [2.75, 3.05) is 18.1 Å². The van der Waals surface area contributed by atoms with Crippen LogP contribution < -0.4 is 4.90 Å². The van der Waals surface area contributed by atoms with E-state index in [1.165, 1.54) is 4.90 Å². The number of carbonyl (C=O) groups is 2. The van der Waals surface area contributed by atoms with E-state index in [2.05, 4.69) is 6.92 Å². The second kappa shape index (κ2) is 12.6. The molecule has 1 saturated heterocycles. The molecule has 1 aromatic carbocycles. The molecule has 1 N–H and O–H groups in total. The summed E-state index contributed by atoms with van der Waals surface area (Å²) in [5, 5.41) is 8.98. The van der Waals surface area contributed by atoms with Crippen LogP contribution in [0.25, 0.3) is 0 Å². The minimum Gasteiger partial charge on any atom is -0.477 e. The van der Waals surface area contributed by atoms with Crippen LogP contribution in [-0.4, -0.2) is 36.4 Å². The molecular formula is C22H26FNO5SY. The molecule has 1 aromatic heterocycles. The van der Waals surface area contributed by atoms with Crippen LogP contribution in [0.4, 0.5) is 14.9 Å². The summed E-state index contributed by atoms with van der Waals surface area (Å²) >= 11 is 1.16. The number of nitrogens with zero attached hydrogens (tertiary/aromatic N) is 1. The molecule has 1 radical (unpaired) electrons. The molecule has 1 fully saturated rings. The fourth-order valence-electron chi connectivity index (χ4n) is 3.35. The summed E-state index contributed by atoms with van der Waals surface area (Å²) in [7, 11) is 0. The molecule has 165 valence electrons. The maximum atomic E-state index is 14.3. The summed E-state index contributed by atoms with van der Waals surface area (Å²) < 4.78 is 25.2. The molecule has 0 saturated carbocycles. The Morgan fingerprint density at radius 1 is 1.29 bits per heavy atom. The number of halogens is 1. The molecule has 1 amide bonds. The Morgan fingerprint density at radius 3 is 2.68 bits per heavy atom. The van der Waals surface area contributed by atoms with E-state index < -0.39 is 18.2 Å². The largest absolute Gasteiger partial charge is 0.477 e. The third-order valence-electron chi connectivity index (χ3n) is 4.98. The van der Waals surface area contributed by atoms with Gasteiger partial charge >= 0.3 is 12.1 Å². The molecule has 2 aromatic rings. The van der Waals surface area contributed by atoms with E-state index in [-0.39, 0.29) is 63.4 Å². The number of thiophene rings is 1. The van der Waals surface area contributed by atoms with Gasteiger partial charge in [0.25, 0.3) is 0 Å². The number of hydrogen-bond acceptors (Lipinski definition) is 5. The third kappa shape index (κ3) is 7.07. The number of carboxylic acids is 1. The van der Waals surface area contributed by atoms with E-state index in [0.717, 1.165) is 35.5 Å². The van der Waals surface area contributed by atoms with Gasteiger partial charge in [-0.05, 0) is 36.2 Å². The number of cyclic esters (lactones) is 1. The number of amides is 1. The molecule has 31 heavy (non-hydrogen) atoms. The molecule has 1 aliphatic heterocycles. The first-order valence-corrected chi connectivity index (χ1v) is 10.9. The van der Waals surface area contributed by atoms with Crippen LogP contribution in [0.5, 0.6) is 0 Å². The topological polar surface area (TPSA) is 76.1 Å². The van der Waals surface area contributed by atoms with E-state index in [1.54, 1.807) is 36.4 Å². The van der Waals surface area contributed by atoms with Gasteiger partial charge in [0.15, 0.2) is 0 Å². The zero-order valence-electron chi connectivity index (χ0n) is 17.5. The van der Waals surface area contributed by atoms with E-state index >= 15 is 0 Å². The quantitative estimate of drug-likeness (QED) is 0.389. The van der Waals surface area contributed by atoms with Crippen molar-refractivity contribution in [2.24, 2.45) is 0 Å². The maximum Gasteiger partial charge on any atom is 0.414 e. The van der Waals surface area contributed by atoms with Gasteiger partial charge in [0.2, 0.25) is 0 Å². The Balaban J connectivity index is 0.00000341. The van der Waals surface area contributed by atoms with Crippen LogP contribution in [0.2, 0.25) is 0 Å². The summed E-state index contributed by atoms with van der Waals surface area (Å²) in [5.74, 6) is -0.962. The normalized spacial score (nSPS) is 16.6. The van der Waals surface area contributed by atoms with Crippen molar-refractivity contribution in [1.29, 1.82) is 0 Å². The Kier molecular flexibility index (Phi) is 10.6. The van der Waals surface area contributed by atoms with Crippen LogP contribution in [0.3, 0.4) is 0 Å². The number of carbonyl (C=O) groups excluding carboxylic acids is 1. The van der Waals surface area contributed by atoms with Crippen molar-refractivity contribution in [3.05, 3.63) is 51.7 Å². The number of benzene rings is 1. The zero-order valence-corrected chi connectivity index (χ0v) is 21.1. The monoisotopic (exact) mass is 524 g/mol. The molecule has 2 heterocycles. The van der Waals surface area contributed by atoms with Crippen molar-refractivity contribution < 1.29 is 61.3 Å². The van der Waals surface area contributed by atoms with Crippen LogP contribution in [-0.2, 0) is 48.8 Å². The van der Waals surface area contributed by atoms with Gasteiger partial charge in [-0.25, -0.2) is 14.0 Å². The maximum absolute atomic E-state index is 14.3. The predicted molar refractivity (Wildman–Crippen MR) is 113 cm³/mol. The summed E-state index contributed by atoms with van der Waals surface area (Å²) in [6.07, 6.45) is 1.97. The molecule has 0 spiro atoms. The molecule has 3 rings (SSSR count). The zero-order chi connectivity index (χ0) is 21.5. The molecular weight excluding hydrogens is 498 g/mol. The molecule has 1 aliphatic rings. The number of rotatable bonds is 11. The Hall–Kier alpha value is -1.35. The van der Waals surface area contributed by atoms with Crippen molar-refractivity contribution in [1.82, 2.24) is 0 Å². The van der Waals surface area contributed by atoms with Gasteiger partial charge in [-0.3, -0.25) is 4.90 Å². The first-order valence-electron chi connectivity index (χ1n) is 10.1. The Morgan fingerprint density at radius 2 is 2.03 bits per heavy atom. The van der Waals surface area contributed by atoms with E-state index in [1.807, 2.05) is 0 Å². The third-order valence-corrected chi connectivity index (χ3v) is 6.03. The van der Waals surface area contributed by atoms with Crippen LogP contribution in [0, 0.1) is 0 Å². The van der Waals surface area contributed by atoms with Crippen LogP contribution in [0.1, 0.15) is 58.9 Å². The summed E-state index contributed by atoms with van der Waals surface area (Å²) in [6.45, 7) is 2.80. The fraction of sp³-hybridized carbons (Fsp3) is 0.455. The van der Waals surface area contributed by atoms with Crippen molar-refractivity contribution in [3.63, 3.8) is 0 Å². The number of ether oxygens (including phenoxy) is 2. The Labute approximate surface area is 210 Å². The number of aromatic carboxylic acids is 1. The number of hydrogen-bond donors (Lipinski definition) is 1. The first-order chi connectivity index (χ1) is 14.5. The van der Waals surface area contributed by atoms with Crippen molar-refractivity contribution in [3.8, 4) is 0 Å². The average Bonchev–Trinajstić information content (AvgIpc) is 3.35. The van der Waals surface area contributed by atoms with Gasteiger partial charge in [0, 0.05) is 43.3 Å². The SMILES string of the molecule is CCCCCC(F)c1ccc(N2C(=O)OC[C@@H]2COCc2ccc(C(=O)O)s2)cc1.[Y]. The minimum absolute atomic E-state index is 0. The molecule has 2 atom stereocenters. The first kappa shape index (κ1) is 25.9. The summed E-state index contributed by atoms with van der Waals surface area (Å²) in [4.78, 5) is 25.7. The second-order valence-corrected chi connectivity index (χ2v) is 8.41. The van der Waals surface area contributed by atoms with Crippen LogP contribution in [0.15, 0.2) is 36.4 Å². The van der Waals surface area contributed by atoms with Crippen molar-refractivity contribution in [2.45, 2.75) is 51.4 Å². The van der Waals surface area contributed by atoms with Gasteiger partial charge in [0.1, 0.15) is 17.7 Å². The molecule has 9 heteroatoms. The van der Waals surface area contributed by atoms with Crippen molar-refractivity contribution >= 4 is 29.1 Å². The fourth-order valence-corrected chi connectivity index (χ4v) is 4.13. The molecule has 6 nitrogen and oxygen atoms in total. The predicted octanol–water partition coefficient (Wildman–Crippen LogP) is 5.58. The number of unbranched alkanes of at least 4 members (excludes halogenated alkanes) is 2. The van der Waals surface area contributed by atoms with Gasteiger partial charge in [-0.2, -0.15) is 0 Å². The molecule has 0 aliphatic carbocycles.